The van der Waals surface area contributed by atoms with Crippen LogP contribution in [0.25, 0.3) is 10.2 Å². The first kappa shape index (κ1) is 14.1. The van der Waals surface area contributed by atoms with E-state index in [4.69, 9.17) is 11.6 Å². The molecule has 3 aromatic rings. The molecule has 21 heavy (non-hydrogen) atoms. The summed E-state index contributed by atoms with van der Waals surface area (Å²) in [5.74, 6) is 0.605. The summed E-state index contributed by atoms with van der Waals surface area (Å²) in [4.78, 5) is 21.4. The molecule has 0 unspecified atom stereocenters. The highest BCUT2D eigenvalue weighted by molar-refractivity contribution is 7.18. The fraction of sp³-hybridized carbons (Fsp3) is 0.200. The summed E-state index contributed by atoms with van der Waals surface area (Å²) in [5, 5.41) is 4.52. The van der Waals surface area contributed by atoms with Crippen molar-refractivity contribution >= 4 is 38.8 Å². The van der Waals surface area contributed by atoms with E-state index >= 15 is 0 Å². The van der Waals surface area contributed by atoms with Crippen molar-refractivity contribution in [2.45, 2.75) is 20.4 Å². The molecule has 0 spiro atoms. The Balaban J connectivity index is 1.92. The number of anilines is 1. The average molecular weight is 320 g/mol. The van der Waals surface area contributed by atoms with Crippen molar-refractivity contribution in [3.05, 3.63) is 55.9 Å². The number of hydrogen-bond donors (Lipinski definition) is 2. The zero-order valence-corrected chi connectivity index (χ0v) is 13.2. The van der Waals surface area contributed by atoms with Crippen LogP contribution in [-0.2, 0) is 6.54 Å². The van der Waals surface area contributed by atoms with Gasteiger partial charge in [-0.25, -0.2) is 4.98 Å². The Kier molecular flexibility index (Phi) is 3.69. The van der Waals surface area contributed by atoms with Crippen LogP contribution in [0.2, 0.25) is 5.02 Å². The number of aryl methyl sites for hydroxylation is 2. The number of benzene rings is 1. The molecular formula is C15H14ClN3OS. The van der Waals surface area contributed by atoms with Gasteiger partial charge in [0.15, 0.2) is 0 Å². The predicted octanol–water partition coefficient (Wildman–Crippen LogP) is 3.87. The molecule has 0 saturated heterocycles. The first-order chi connectivity index (χ1) is 10.1. The predicted molar refractivity (Wildman–Crippen MR) is 88.5 cm³/mol. The summed E-state index contributed by atoms with van der Waals surface area (Å²) in [6.45, 7) is 4.38. The molecule has 3 rings (SSSR count). The van der Waals surface area contributed by atoms with Crippen molar-refractivity contribution in [3.63, 3.8) is 0 Å². The number of nitrogens with zero attached hydrogens (tertiary/aromatic N) is 1. The smallest absolute Gasteiger partial charge is 0.259 e. The van der Waals surface area contributed by atoms with Crippen molar-refractivity contribution < 1.29 is 0 Å². The van der Waals surface area contributed by atoms with Gasteiger partial charge in [0.25, 0.3) is 5.56 Å². The third-order valence-corrected chi connectivity index (χ3v) is 4.84. The van der Waals surface area contributed by atoms with Crippen molar-refractivity contribution in [1.82, 2.24) is 9.97 Å². The Morgan fingerprint density at radius 1 is 1.33 bits per heavy atom. The maximum absolute atomic E-state index is 12.2. The van der Waals surface area contributed by atoms with Crippen molar-refractivity contribution in [2.24, 2.45) is 0 Å². The second kappa shape index (κ2) is 5.50. The van der Waals surface area contributed by atoms with Gasteiger partial charge in [0.1, 0.15) is 10.7 Å². The summed E-state index contributed by atoms with van der Waals surface area (Å²) in [6.07, 6.45) is 0. The molecule has 1 aromatic carbocycles. The Labute approximate surface area is 130 Å². The molecule has 0 fully saturated rings. The van der Waals surface area contributed by atoms with Gasteiger partial charge in [-0.1, -0.05) is 23.7 Å². The monoisotopic (exact) mass is 319 g/mol. The van der Waals surface area contributed by atoms with Crippen LogP contribution in [0.3, 0.4) is 0 Å². The number of fused-ring (bicyclic) bond motifs is 1. The van der Waals surface area contributed by atoms with E-state index < -0.39 is 0 Å². The minimum atomic E-state index is -0.0854. The van der Waals surface area contributed by atoms with E-state index in [1.54, 1.807) is 11.3 Å². The number of halogens is 1. The number of aromatic nitrogens is 2. The van der Waals surface area contributed by atoms with Gasteiger partial charge in [-0.05, 0) is 31.5 Å². The van der Waals surface area contributed by atoms with Crippen molar-refractivity contribution in [1.29, 1.82) is 0 Å². The lowest BCUT2D eigenvalue weighted by atomic mass is 10.2. The molecular weight excluding hydrogens is 306 g/mol. The van der Waals surface area contributed by atoms with E-state index in [-0.39, 0.29) is 5.56 Å². The Morgan fingerprint density at radius 3 is 2.86 bits per heavy atom. The topological polar surface area (TPSA) is 57.8 Å². The summed E-state index contributed by atoms with van der Waals surface area (Å²) in [6, 6.07) is 7.48. The van der Waals surface area contributed by atoms with Crippen molar-refractivity contribution in [3.8, 4) is 0 Å². The molecule has 0 aliphatic heterocycles. The molecule has 0 atom stereocenters. The first-order valence-corrected chi connectivity index (χ1v) is 7.73. The molecule has 0 saturated carbocycles. The highest BCUT2D eigenvalue weighted by Crippen LogP contribution is 2.26. The standard InChI is InChI=1S/C15H14ClN3OS/c1-8-9(2)21-15-13(8)14(20)18-12(19-15)7-17-11-6-4-3-5-10(11)16/h3-6,17H,7H2,1-2H3,(H,18,19,20). The maximum Gasteiger partial charge on any atom is 0.259 e. The zero-order chi connectivity index (χ0) is 15.0. The third kappa shape index (κ3) is 2.66. The van der Waals surface area contributed by atoms with Crippen LogP contribution in [0.5, 0.6) is 0 Å². The van der Waals surface area contributed by atoms with Gasteiger partial charge < -0.3 is 10.3 Å². The summed E-state index contributed by atoms with van der Waals surface area (Å²) >= 11 is 7.64. The van der Waals surface area contributed by atoms with Gasteiger partial charge in [-0.15, -0.1) is 11.3 Å². The molecule has 2 N–H and O–H groups in total. The van der Waals surface area contributed by atoms with Gasteiger partial charge in [-0.3, -0.25) is 4.79 Å². The lowest BCUT2D eigenvalue weighted by Crippen LogP contribution is -2.14. The second-order valence-corrected chi connectivity index (χ2v) is 6.42. The molecule has 0 radical (unpaired) electrons. The van der Waals surface area contributed by atoms with Gasteiger partial charge >= 0.3 is 0 Å². The highest BCUT2D eigenvalue weighted by Gasteiger charge is 2.11. The fourth-order valence-electron chi connectivity index (χ4n) is 2.17. The Hall–Kier alpha value is -1.85. The molecule has 108 valence electrons. The van der Waals surface area contributed by atoms with Crippen LogP contribution < -0.4 is 10.9 Å². The third-order valence-electron chi connectivity index (χ3n) is 3.41. The van der Waals surface area contributed by atoms with Gasteiger partial charge in [-0.2, -0.15) is 0 Å². The van der Waals surface area contributed by atoms with E-state index in [2.05, 4.69) is 15.3 Å². The number of thiophene rings is 1. The second-order valence-electron chi connectivity index (χ2n) is 4.81. The van der Waals surface area contributed by atoms with E-state index in [9.17, 15) is 4.79 Å². The lowest BCUT2D eigenvalue weighted by Gasteiger charge is -2.07. The number of aromatic amines is 1. The minimum absolute atomic E-state index is 0.0854. The molecule has 0 bridgehead atoms. The van der Waals surface area contributed by atoms with E-state index in [0.29, 0.717) is 22.8 Å². The van der Waals surface area contributed by atoms with Crippen LogP contribution in [0.4, 0.5) is 5.69 Å². The van der Waals surface area contributed by atoms with Crippen LogP contribution in [0, 0.1) is 13.8 Å². The van der Waals surface area contributed by atoms with Gasteiger partial charge in [0.05, 0.1) is 22.6 Å². The minimum Gasteiger partial charge on any atom is -0.377 e. The van der Waals surface area contributed by atoms with E-state index in [1.165, 1.54) is 0 Å². The van der Waals surface area contributed by atoms with Crippen molar-refractivity contribution in [2.75, 3.05) is 5.32 Å². The molecule has 2 heterocycles. The molecule has 0 aliphatic rings. The van der Waals surface area contributed by atoms with Crippen LogP contribution in [0.15, 0.2) is 29.1 Å². The molecule has 0 aliphatic carbocycles. The fourth-order valence-corrected chi connectivity index (χ4v) is 3.42. The summed E-state index contributed by atoms with van der Waals surface area (Å²) in [5.41, 5.74) is 1.74. The molecule has 4 nitrogen and oxygen atoms in total. The SMILES string of the molecule is Cc1sc2nc(CNc3ccccc3Cl)[nH]c(=O)c2c1C. The normalized spacial score (nSPS) is 11.0. The van der Waals surface area contributed by atoms with Crippen LogP contribution in [-0.4, -0.2) is 9.97 Å². The van der Waals surface area contributed by atoms with E-state index in [0.717, 1.165) is 21.0 Å². The maximum atomic E-state index is 12.2. The van der Waals surface area contributed by atoms with Gasteiger partial charge in [0, 0.05) is 4.88 Å². The Morgan fingerprint density at radius 2 is 2.10 bits per heavy atom. The van der Waals surface area contributed by atoms with Crippen LogP contribution in [0.1, 0.15) is 16.3 Å². The zero-order valence-electron chi connectivity index (χ0n) is 11.7. The Bertz CT molecular complexity index is 869. The molecule has 0 amide bonds. The number of para-hydroxylation sites is 1. The number of nitrogens with one attached hydrogen (secondary N) is 2. The number of rotatable bonds is 3. The largest absolute Gasteiger partial charge is 0.377 e. The summed E-state index contributed by atoms with van der Waals surface area (Å²) < 4.78 is 0. The quantitative estimate of drug-likeness (QED) is 0.770. The van der Waals surface area contributed by atoms with Gasteiger partial charge in [0.2, 0.25) is 0 Å². The average Bonchev–Trinajstić information content (AvgIpc) is 2.73. The number of hydrogen-bond acceptors (Lipinski definition) is 4. The van der Waals surface area contributed by atoms with E-state index in [1.807, 2.05) is 38.1 Å². The lowest BCUT2D eigenvalue weighted by molar-refractivity contribution is 0.956. The summed E-state index contributed by atoms with van der Waals surface area (Å²) in [7, 11) is 0. The molecule has 6 heteroatoms. The highest BCUT2D eigenvalue weighted by atomic mass is 35.5. The first-order valence-electron chi connectivity index (χ1n) is 6.53. The number of H-pyrrole nitrogens is 1. The molecule has 2 aromatic heterocycles. The van der Waals surface area contributed by atoms with Crippen LogP contribution >= 0.6 is 22.9 Å².